The average molecular weight is 407 g/mol. The molecule has 154 valence electrons. The lowest BCUT2D eigenvalue weighted by Crippen LogP contribution is -2.40. The third-order valence-electron chi connectivity index (χ3n) is 5.29. The summed E-state index contributed by atoms with van der Waals surface area (Å²) in [7, 11) is 0. The minimum atomic E-state index is -1.06. The fraction of sp³-hybridized carbons (Fsp3) is 0.261. The predicted molar refractivity (Wildman–Crippen MR) is 107 cm³/mol. The maximum absolute atomic E-state index is 12.7. The van der Waals surface area contributed by atoms with E-state index in [4.69, 9.17) is 14.2 Å². The Labute approximate surface area is 173 Å². The standard InChI is InChI=1S/C23H21NO6/c1-2-11-28-21(25)12-20-22(26)30-14-24(20)23(27)29-13-19-17-9-5-3-7-15(17)16-8-4-6-10-18(16)19/h2-10,19-20H,1,11-14H2/t20-/m0/s1. The molecule has 2 aromatic rings. The van der Waals surface area contributed by atoms with E-state index < -0.39 is 24.1 Å². The molecule has 1 aliphatic heterocycles. The number of carbonyl (C=O) groups is 3. The number of ether oxygens (including phenoxy) is 3. The topological polar surface area (TPSA) is 82.1 Å². The van der Waals surface area contributed by atoms with Gasteiger partial charge in [0.2, 0.25) is 0 Å². The fourth-order valence-electron chi connectivity index (χ4n) is 3.87. The lowest BCUT2D eigenvalue weighted by atomic mass is 9.98. The van der Waals surface area contributed by atoms with Gasteiger partial charge in [-0.2, -0.15) is 0 Å². The summed E-state index contributed by atoms with van der Waals surface area (Å²) < 4.78 is 15.4. The van der Waals surface area contributed by atoms with E-state index in [1.165, 1.54) is 6.08 Å². The van der Waals surface area contributed by atoms with Crippen LogP contribution < -0.4 is 0 Å². The van der Waals surface area contributed by atoms with E-state index in [0.717, 1.165) is 27.2 Å². The largest absolute Gasteiger partial charge is 0.461 e. The summed E-state index contributed by atoms with van der Waals surface area (Å²) in [6.07, 6.45) is 0.426. The lowest BCUT2D eigenvalue weighted by Gasteiger charge is -2.21. The summed E-state index contributed by atoms with van der Waals surface area (Å²) in [6.45, 7) is 3.36. The third-order valence-corrected chi connectivity index (χ3v) is 5.29. The van der Waals surface area contributed by atoms with Gasteiger partial charge in [0.15, 0.2) is 6.73 Å². The monoisotopic (exact) mass is 407 g/mol. The van der Waals surface area contributed by atoms with Gasteiger partial charge in [0, 0.05) is 5.92 Å². The van der Waals surface area contributed by atoms with Crippen LogP contribution in [-0.2, 0) is 23.8 Å². The summed E-state index contributed by atoms with van der Waals surface area (Å²) in [5.41, 5.74) is 4.42. The first-order chi connectivity index (χ1) is 14.6. The average Bonchev–Trinajstić information content (AvgIpc) is 3.28. The Balaban J connectivity index is 1.45. The van der Waals surface area contributed by atoms with Crippen molar-refractivity contribution in [2.45, 2.75) is 18.4 Å². The number of fused-ring (bicyclic) bond motifs is 3. The Morgan fingerprint density at radius 1 is 1.07 bits per heavy atom. The molecule has 1 aliphatic carbocycles. The highest BCUT2D eigenvalue weighted by atomic mass is 16.6. The number of amides is 1. The maximum Gasteiger partial charge on any atom is 0.413 e. The smallest absolute Gasteiger partial charge is 0.413 e. The first-order valence-electron chi connectivity index (χ1n) is 9.65. The van der Waals surface area contributed by atoms with Crippen LogP contribution in [-0.4, -0.2) is 48.9 Å². The van der Waals surface area contributed by atoms with Crippen molar-refractivity contribution in [2.24, 2.45) is 0 Å². The van der Waals surface area contributed by atoms with Crippen LogP contribution in [0.3, 0.4) is 0 Å². The van der Waals surface area contributed by atoms with Gasteiger partial charge in [-0.25, -0.2) is 9.59 Å². The van der Waals surface area contributed by atoms with Crippen LogP contribution in [0.15, 0.2) is 61.2 Å². The first-order valence-corrected chi connectivity index (χ1v) is 9.65. The van der Waals surface area contributed by atoms with Gasteiger partial charge in [0.05, 0.1) is 6.42 Å². The van der Waals surface area contributed by atoms with Crippen molar-refractivity contribution < 1.29 is 28.6 Å². The number of carbonyl (C=O) groups excluding carboxylic acids is 3. The number of nitrogens with zero attached hydrogens (tertiary/aromatic N) is 1. The number of esters is 2. The van der Waals surface area contributed by atoms with Crippen LogP contribution in [0.5, 0.6) is 0 Å². The summed E-state index contributed by atoms with van der Waals surface area (Å²) in [4.78, 5) is 37.6. The first kappa shape index (κ1) is 19.7. The molecule has 1 fully saturated rings. The van der Waals surface area contributed by atoms with Crippen molar-refractivity contribution in [2.75, 3.05) is 19.9 Å². The van der Waals surface area contributed by atoms with Gasteiger partial charge in [-0.15, -0.1) is 0 Å². The Morgan fingerprint density at radius 3 is 2.33 bits per heavy atom. The minimum Gasteiger partial charge on any atom is -0.461 e. The van der Waals surface area contributed by atoms with Crippen molar-refractivity contribution in [3.8, 4) is 11.1 Å². The van der Waals surface area contributed by atoms with Crippen molar-refractivity contribution in [1.29, 1.82) is 0 Å². The molecule has 2 aliphatic rings. The van der Waals surface area contributed by atoms with Crippen molar-refractivity contribution >= 4 is 18.0 Å². The van der Waals surface area contributed by atoms with Gasteiger partial charge in [-0.05, 0) is 22.3 Å². The van der Waals surface area contributed by atoms with Crippen LogP contribution in [0, 0.1) is 0 Å². The van der Waals surface area contributed by atoms with Crippen LogP contribution in [0.2, 0.25) is 0 Å². The molecule has 1 heterocycles. The molecular formula is C23H21NO6. The molecule has 7 heteroatoms. The van der Waals surface area contributed by atoms with E-state index >= 15 is 0 Å². The van der Waals surface area contributed by atoms with Crippen molar-refractivity contribution in [3.63, 3.8) is 0 Å². The van der Waals surface area contributed by atoms with Crippen LogP contribution in [0.4, 0.5) is 4.79 Å². The number of hydrogen-bond donors (Lipinski definition) is 0. The van der Waals surface area contributed by atoms with E-state index in [-0.39, 0.29) is 32.3 Å². The predicted octanol–water partition coefficient (Wildman–Crippen LogP) is 3.24. The van der Waals surface area contributed by atoms with Gasteiger partial charge in [-0.1, -0.05) is 61.2 Å². The molecular weight excluding hydrogens is 386 g/mol. The molecule has 4 rings (SSSR count). The van der Waals surface area contributed by atoms with E-state index in [1.54, 1.807) is 0 Å². The van der Waals surface area contributed by atoms with Crippen LogP contribution >= 0.6 is 0 Å². The Morgan fingerprint density at radius 2 is 1.70 bits per heavy atom. The Kier molecular flexibility index (Phi) is 5.52. The SMILES string of the molecule is C=CCOC(=O)C[C@H]1C(=O)OCN1C(=O)OCC1c2ccccc2-c2ccccc21. The highest BCUT2D eigenvalue weighted by Gasteiger charge is 2.41. The zero-order valence-corrected chi connectivity index (χ0v) is 16.3. The molecule has 0 unspecified atom stereocenters. The zero-order valence-electron chi connectivity index (χ0n) is 16.3. The Hall–Kier alpha value is -3.61. The molecule has 0 bridgehead atoms. The van der Waals surface area contributed by atoms with Gasteiger partial charge in [0.25, 0.3) is 0 Å². The summed E-state index contributed by atoms with van der Waals surface area (Å²) in [5.74, 6) is -1.37. The van der Waals surface area contributed by atoms with Gasteiger partial charge >= 0.3 is 18.0 Å². The molecule has 1 saturated heterocycles. The summed E-state index contributed by atoms with van der Waals surface area (Å²) >= 11 is 0. The molecule has 1 atom stereocenters. The molecule has 2 aromatic carbocycles. The third kappa shape index (κ3) is 3.66. The second-order valence-corrected chi connectivity index (χ2v) is 7.06. The van der Waals surface area contributed by atoms with E-state index in [0.29, 0.717) is 0 Å². The zero-order chi connectivity index (χ0) is 21.1. The highest BCUT2D eigenvalue weighted by molar-refractivity contribution is 5.88. The molecule has 0 radical (unpaired) electrons. The molecule has 0 N–H and O–H groups in total. The van der Waals surface area contributed by atoms with Crippen molar-refractivity contribution in [1.82, 2.24) is 4.90 Å². The van der Waals surface area contributed by atoms with E-state index in [1.807, 2.05) is 48.5 Å². The second-order valence-electron chi connectivity index (χ2n) is 7.06. The molecule has 30 heavy (non-hydrogen) atoms. The number of rotatable bonds is 6. The second kappa shape index (κ2) is 8.41. The molecule has 0 aromatic heterocycles. The number of benzene rings is 2. The molecule has 7 nitrogen and oxygen atoms in total. The normalized spacial score (nSPS) is 17.1. The van der Waals surface area contributed by atoms with E-state index in [2.05, 4.69) is 6.58 Å². The van der Waals surface area contributed by atoms with E-state index in [9.17, 15) is 14.4 Å². The summed E-state index contributed by atoms with van der Waals surface area (Å²) in [6, 6.07) is 15.0. The highest BCUT2D eigenvalue weighted by Crippen LogP contribution is 2.44. The van der Waals surface area contributed by atoms with Crippen molar-refractivity contribution in [3.05, 3.63) is 72.3 Å². The molecule has 0 spiro atoms. The molecule has 1 amide bonds. The fourth-order valence-corrected chi connectivity index (χ4v) is 3.87. The molecule has 0 saturated carbocycles. The van der Waals surface area contributed by atoms with Crippen LogP contribution in [0.1, 0.15) is 23.5 Å². The minimum absolute atomic E-state index is 0.0333. The Bertz CT molecular complexity index is 955. The van der Waals surface area contributed by atoms with Gasteiger partial charge < -0.3 is 14.2 Å². The van der Waals surface area contributed by atoms with Gasteiger partial charge in [-0.3, -0.25) is 9.69 Å². The van der Waals surface area contributed by atoms with Gasteiger partial charge in [0.1, 0.15) is 19.3 Å². The summed E-state index contributed by atoms with van der Waals surface area (Å²) in [5, 5.41) is 0. The number of cyclic esters (lactones) is 1. The quantitative estimate of drug-likeness (QED) is 0.415. The maximum atomic E-state index is 12.7. The van der Waals surface area contributed by atoms with Crippen LogP contribution in [0.25, 0.3) is 11.1 Å². The lowest BCUT2D eigenvalue weighted by molar-refractivity contribution is -0.147. The number of hydrogen-bond acceptors (Lipinski definition) is 6.